The number of aromatic nitrogens is 3. The van der Waals surface area contributed by atoms with E-state index in [1.165, 1.54) is 5.56 Å². The fourth-order valence-electron chi connectivity index (χ4n) is 2.38. The van der Waals surface area contributed by atoms with E-state index in [0.29, 0.717) is 6.73 Å². The molecule has 0 aliphatic carbocycles. The zero-order valence-corrected chi connectivity index (χ0v) is 15.0. The van der Waals surface area contributed by atoms with Gasteiger partial charge in [0.2, 0.25) is 0 Å². The van der Waals surface area contributed by atoms with Crippen molar-refractivity contribution >= 4 is 19.1 Å². The largest absolute Gasteiger partial charge is 0.359 e. The summed E-state index contributed by atoms with van der Waals surface area (Å²) in [6.45, 7) is 8.32. The molecule has 0 saturated carbocycles. The van der Waals surface area contributed by atoms with Gasteiger partial charge in [-0.3, -0.25) is 0 Å². The molecule has 0 spiro atoms. The van der Waals surface area contributed by atoms with Gasteiger partial charge in [0.25, 0.3) is 0 Å². The van der Waals surface area contributed by atoms with Crippen molar-refractivity contribution in [3.63, 3.8) is 0 Å². The standard InChI is InChI=1S/C18H23N3OSi/c1-23(2,3)10-9-22-14-21-18-17(13-20-21)11-16(12-19-18)15-7-5-4-6-8-15/h4-8,11-13H,9-10,14H2,1-3H3. The second-order valence-corrected chi connectivity index (χ2v) is 12.6. The van der Waals surface area contributed by atoms with Crippen molar-refractivity contribution in [1.29, 1.82) is 0 Å². The molecular weight excluding hydrogens is 302 g/mol. The van der Waals surface area contributed by atoms with Crippen LogP contribution in [0.5, 0.6) is 0 Å². The summed E-state index contributed by atoms with van der Waals surface area (Å²) in [5, 5.41) is 5.45. The molecule has 2 aromatic heterocycles. The number of benzene rings is 1. The second-order valence-electron chi connectivity index (χ2n) is 6.99. The van der Waals surface area contributed by atoms with Crippen molar-refractivity contribution in [2.45, 2.75) is 32.4 Å². The molecule has 0 aliphatic rings. The number of rotatable bonds is 6. The van der Waals surface area contributed by atoms with E-state index in [2.05, 4.69) is 47.9 Å². The summed E-state index contributed by atoms with van der Waals surface area (Å²) in [6.07, 6.45) is 3.76. The maximum Gasteiger partial charge on any atom is 0.160 e. The molecular formula is C18H23N3OSi. The van der Waals surface area contributed by atoms with E-state index < -0.39 is 8.07 Å². The molecule has 23 heavy (non-hydrogen) atoms. The number of ether oxygens (including phenoxy) is 1. The highest BCUT2D eigenvalue weighted by molar-refractivity contribution is 6.76. The molecule has 120 valence electrons. The van der Waals surface area contributed by atoms with Crippen LogP contribution in [0.15, 0.2) is 48.8 Å². The molecule has 0 bridgehead atoms. The minimum Gasteiger partial charge on any atom is -0.359 e. The number of hydrogen-bond donors (Lipinski definition) is 0. The number of nitrogens with zero attached hydrogens (tertiary/aromatic N) is 3. The Morgan fingerprint density at radius 1 is 1.04 bits per heavy atom. The van der Waals surface area contributed by atoms with E-state index in [4.69, 9.17) is 4.74 Å². The number of fused-ring (bicyclic) bond motifs is 1. The highest BCUT2D eigenvalue weighted by Gasteiger charge is 2.12. The van der Waals surface area contributed by atoms with Gasteiger partial charge in [0.15, 0.2) is 5.65 Å². The maximum atomic E-state index is 5.77. The molecule has 3 rings (SSSR count). The van der Waals surface area contributed by atoms with Crippen molar-refractivity contribution in [3.05, 3.63) is 48.8 Å². The lowest BCUT2D eigenvalue weighted by molar-refractivity contribution is 0.0813. The van der Waals surface area contributed by atoms with Gasteiger partial charge in [0.05, 0.1) is 6.20 Å². The minimum atomic E-state index is -1.05. The molecule has 0 fully saturated rings. The Hall–Kier alpha value is -1.98. The van der Waals surface area contributed by atoms with E-state index in [-0.39, 0.29) is 0 Å². The van der Waals surface area contributed by atoms with Gasteiger partial charge in [-0.25, -0.2) is 9.67 Å². The lowest BCUT2D eigenvalue weighted by atomic mass is 10.1. The normalized spacial score (nSPS) is 12.0. The third kappa shape index (κ3) is 4.06. The Morgan fingerprint density at radius 2 is 1.83 bits per heavy atom. The molecule has 0 radical (unpaired) electrons. The zero-order chi connectivity index (χ0) is 16.3. The summed E-state index contributed by atoms with van der Waals surface area (Å²) in [5.74, 6) is 0. The molecule has 0 N–H and O–H groups in total. The minimum absolute atomic E-state index is 0.464. The van der Waals surface area contributed by atoms with E-state index in [9.17, 15) is 0 Å². The predicted molar refractivity (Wildman–Crippen MR) is 97.1 cm³/mol. The summed E-state index contributed by atoms with van der Waals surface area (Å²) >= 11 is 0. The lowest BCUT2D eigenvalue weighted by Gasteiger charge is -2.15. The van der Waals surface area contributed by atoms with Crippen LogP contribution in [0.3, 0.4) is 0 Å². The van der Waals surface area contributed by atoms with Gasteiger partial charge in [-0.2, -0.15) is 5.10 Å². The molecule has 0 unspecified atom stereocenters. The maximum absolute atomic E-state index is 5.77. The van der Waals surface area contributed by atoms with Crippen LogP contribution in [-0.2, 0) is 11.5 Å². The first-order valence-corrected chi connectivity index (χ1v) is 11.7. The average molecular weight is 325 g/mol. The lowest BCUT2D eigenvalue weighted by Crippen LogP contribution is -2.22. The highest BCUT2D eigenvalue weighted by atomic mass is 28.3. The van der Waals surface area contributed by atoms with Crippen molar-refractivity contribution in [3.8, 4) is 11.1 Å². The summed E-state index contributed by atoms with van der Waals surface area (Å²) in [7, 11) is -1.05. The highest BCUT2D eigenvalue weighted by Crippen LogP contribution is 2.22. The quantitative estimate of drug-likeness (QED) is 0.498. The van der Waals surface area contributed by atoms with Gasteiger partial charge in [-0.15, -0.1) is 0 Å². The fourth-order valence-corrected chi connectivity index (χ4v) is 3.14. The predicted octanol–water partition coefficient (Wildman–Crippen LogP) is 4.41. The Morgan fingerprint density at radius 3 is 2.57 bits per heavy atom. The number of pyridine rings is 1. The first-order chi connectivity index (χ1) is 11.0. The summed E-state index contributed by atoms with van der Waals surface area (Å²) in [6, 6.07) is 13.6. The SMILES string of the molecule is C[Si](C)(C)CCOCn1ncc2cc(-c3ccccc3)cnc21. The van der Waals surface area contributed by atoms with Crippen molar-refractivity contribution < 1.29 is 4.74 Å². The van der Waals surface area contributed by atoms with Gasteiger partial charge in [-0.1, -0.05) is 50.0 Å². The second kappa shape index (κ2) is 6.64. The van der Waals surface area contributed by atoms with E-state index in [1.807, 2.05) is 35.3 Å². The van der Waals surface area contributed by atoms with Crippen molar-refractivity contribution in [1.82, 2.24) is 14.8 Å². The van der Waals surface area contributed by atoms with Gasteiger partial charge in [-0.05, 0) is 17.7 Å². The van der Waals surface area contributed by atoms with Crippen LogP contribution in [0, 0.1) is 0 Å². The molecule has 5 heteroatoms. The Bertz CT molecular complexity index is 778. The van der Waals surface area contributed by atoms with E-state index >= 15 is 0 Å². The van der Waals surface area contributed by atoms with Gasteiger partial charge >= 0.3 is 0 Å². The van der Waals surface area contributed by atoms with Crippen molar-refractivity contribution in [2.24, 2.45) is 0 Å². The molecule has 4 nitrogen and oxygen atoms in total. The Kier molecular flexibility index (Phi) is 4.59. The molecule has 0 amide bonds. The smallest absolute Gasteiger partial charge is 0.160 e. The van der Waals surface area contributed by atoms with Crippen molar-refractivity contribution in [2.75, 3.05) is 6.61 Å². The first kappa shape index (κ1) is 15.9. The zero-order valence-electron chi connectivity index (χ0n) is 14.0. The summed E-state index contributed by atoms with van der Waals surface area (Å²) < 4.78 is 7.60. The third-order valence-electron chi connectivity index (χ3n) is 3.79. The van der Waals surface area contributed by atoms with E-state index in [1.54, 1.807) is 0 Å². The number of hydrogen-bond acceptors (Lipinski definition) is 3. The molecule has 1 aromatic carbocycles. The Balaban J connectivity index is 1.72. The van der Waals surface area contributed by atoms with Gasteiger partial charge in [0.1, 0.15) is 6.73 Å². The molecule has 0 aliphatic heterocycles. The molecule has 0 atom stereocenters. The third-order valence-corrected chi connectivity index (χ3v) is 5.50. The Labute approximate surface area is 138 Å². The summed E-state index contributed by atoms with van der Waals surface area (Å²) in [5.41, 5.74) is 3.15. The molecule has 3 aromatic rings. The fraction of sp³-hybridized carbons (Fsp3) is 0.333. The molecule has 0 saturated heterocycles. The van der Waals surface area contributed by atoms with Crippen LogP contribution in [0.1, 0.15) is 0 Å². The van der Waals surface area contributed by atoms with Crippen LogP contribution in [0.25, 0.3) is 22.2 Å². The van der Waals surface area contributed by atoms with Gasteiger partial charge in [0, 0.05) is 31.8 Å². The van der Waals surface area contributed by atoms with Crippen LogP contribution in [0.2, 0.25) is 25.7 Å². The van der Waals surface area contributed by atoms with Crippen LogP contribution in [0.4, 0.5) is 0 Å². The van der Waals surface area contributed by atoms with Crippen LogP contribution in [-0.4, -0.2) is 29.4 Å². The van der Waals surface area contributed by atoms with Crippen LogP contribution < -0.4 is 0 Å². The van der Waals surface area contributed by atoms with Crippen LogP contribution >= 0.6 is 0 Å². The monoisotopic (exact) mass is 325 g/mol. The average Bonchev–Trinajstić information content (AvgIpc) is 2.94. The summed E-state index contributed by atoms with van der Waals surface area (Å²) in [4.78, 5) is 4.57. The molecule has 2 heterocycles. The first-order valence-electron chi connectivity index (χ1n) is 7.98. The van der Waals surface area contributed by atoms with Gasteiger partial charge < -0.3 is 4.74 Å². The topological polar surface area (TPSA) is 39.9 Å². The van der Waals surface area contributed by atoms with E-state index in [0.717, 1.165) is 29.2 Å².